The van der Waals surface area contributed by atoms with Gasteiger partial charge in [-0.05, 0) is 37.8 Å². The van der Waals surface area contributed by atoms with Crippen LogP contribution in [0.3, 0.4) is 0 Å². The lowest BCUT2D eigenvalue weighted by Gasteiger charge is -2.07. The highest BCUT2D eigenvalue weighted by molar-refractivity contribution is 5.39. The van der Waals surface area contributed by atoms with Crippen molar-refractivity contribution >= 4 is 0 Å². The lowest BCUT2D eigenvalue weighted by Crippen LogP contribution is -1.87. The molecule has 0 radical (unpaired) electrons. The summed E-state index contributed by atoms with van der Waals surface area (Å²) in [6.45, 7) is 17.5. The fraction of sp³-hybridized carbons (Fsp3) is 0.250. The Labute approximate surface area is 101 Å². The molecule has 0 unspecified atom stereocenters. The molecule has 0 aromatic carbocycles. The zero-order valence-corrected chi connectivity index (χ0v) is 10.7. The first kappa shape index (κ1) is 16.9. The molecule has 0 nitrogen and oxygen atoms in total. The number of hydrogen-bond acceptors (Lipinski definition) is 0. The molecule has 1 rings (SSSR count). The molecular formula is C16H24. The quantitative estimate of drug-likeness (QED) is 0.429. The summed E-state index contributed by atoms with van der Waals surface area (Å²) in [6.07, 6.45) is 14.4. The summed E-state index contributed by atoms with van der Waals surface area (Å²) in [4.78, 5) is 0. The zero-order valence-electron chi connectivity index (χ0n) is 10.7. The Morgan fingerprint density at radius 3 is 2.12 bits per heavy atom. The van der Waals surface area contributed by atoms with Gasteiger partial charge in [-0.25, -0.2) is 0 Å². The predicted molar refractivity (Wildman–Crippen MR) is 77.5 cm³/mol. The van der Waals surface area contributed by atoms with Crippen molar-refractivity contribution in [1.82, 2.24) is 0 Å². The van der Waals surface area contributed by atoms with Gasteiger partial charge >= 0.3 is 0 Å². The molecule has 0 aliphatic heterocycles. The number of rotatable bonds is 2. The Hall–Kier alpha value is -1.56. The van der Waals surface area contributed by atoms with Crippen molar-refractivity contribution in [2.45, 2.75) is 26.7 Å². The van der Waals surface area contributed by atoms with E-state index in [2.05, 4.69) is 44.5 Å². The third-order valence-electron chi connectivity index (χ3n) is 2.01. The van der Waals surface area contributed by atoms with E-state index >= 15 is 0 Å². The van der Waals surface area contributed by atoms with Crippen LogP contribution in [-0.2, 0) is 0 Å². The Kier molecular flexibility index (Phi) is 14.2. The van der Waals surface area contributed by atoms with E-state index in [1.807, 2.05) is 32.1 Å². The number of hydrogen-bond donors (Lipinski definition) is 0. The monoisotopic (exact) mass is 216 g/mol. The van der Waals surface area contributed by atoms with Crippen LogP contribution in [0.2, 0.25) is 0 Å². The van der Waals surface area contributed by atoms with Crippen LogP contribution in [0.1, 0.15) is 26.7 Å². The minimum absolute atomic E-state index is 1.06. The van der Waals surface area contributed by atoms with Crippen molar-refractivity contribution in [2.75, 3.05) is 0 Å². The molecule has 0 aromatic rings. The molecule has 0 bridgehead atoms. The molecule has 0 saturated carbocycles. The lowest BCUT2D eigenvalue weighted by atomic mass is 9.99. The maximum Gasteiger partial charge on any atom is -0.0238 e. The van der Waals surface area contributed by atoms with Crippen LogP contribution in [0.25, 0.3) is 0 Å². The molecule has 0 fully saturated rings. The summed E-state index contributed by atoms with van der Waals surface area (Å²) in [5.74, 6) is 0. The molecule has 0 atom stereocenters. The summed E-state index contributed by atoms with van der Waals surface area (Å²) < 4.78 is 0. The van der Waals surface area contributed by atoms with E-state index < -0.39 is 0 Å². The first-order valence-electron chi connectivity index (χ1n) is 5.51. The Morgan fingerprint density at radius 2 is 1.81 bits per heavy atom. The average Bonchev–Trinajstić information content (AvgIpc) is 2.41. The standard InChI is InChI=1S/C10H12.C4H8.C2H4/c1-3-9(2)10-7-5-4-6-8-10;1-3-4-2;1-2/h3-5,7H,1-2,6,8H2;3-4H,1-2H3;1-2H2/b;4-3-;. The predicted octanol–water partition coefficient (Wildman–Crippen LogP) is 5.39. The van der Waals surface area contributed by atoms with Gasteiger partial charge in [0.15, 0.2) is 0 Å². The van der Waals surface area contributed by atoms with Crippen LogP contribution >= 0.6 is 0 Å². The van der Waals surface area contributed by atoms with Gasteiger partial charge in [0.1, 0.15) is 0 Å². The van der Waals surface area contributed by atoms with Crippen molar-refractivity contribution in [1.29, 1.82) is 0 Å². The summed E-state index contributed by atoms with van der Waals surface area (Å²) in [6, 6.07) is 0. The highest BCUT2D eigenvalue weighted by Crippen LogP contribution is 2.18. The van der Waals surface area contributed by atoms with Crippen molar-refractivity contribution in [2.24, 2.45) is 0 Å². The molecule has 1 aliphatic rings. The van der Waals surface area contributed by atoms with Crippen LogP contribution in [-0.4, -0.2) is 0 Å². The molecule has 1 aliphatic carbocycles. The van der Waals surface area contributed by atoms with Crippen molar-refractivity contribution in [3.8, 4) is 0 Å². The third-order valence-corrected chi connectivity index (χ3v) is 2.01. The fourth-order valence-corrected chi connectivity index (χ4v) is 1.00. The highest BCUT2D eigenvalue weighted by Gasteiger charge is 1.99. The second-order valence-electron chi connectivity index (χ2n) is 3.05. The van der Waals surface area contributed by atoms with E-state index in [-0.39, 0.29) is 0 Å². The van der Waals surface area contributed by atoms with Crippen molar-refractivity contribution in [3.05, 3.63) is 73.9 Å². The molecule has 0 N–H and O–H groups in total. The van der Waals surface area contributed by atoms with E-state index in [4.69, 9.17) is 0 Å². The van der Waals surface area contributed by atoms with Crippen LogP contribution in [0.15, 0.2) is 73.9 Å². The van der Waals surface area contributed by atoms with Gasteiger partial charge in [-0.15, -0.1) is 13.2 Å². The summed E-state index contributed by atoms with van der Waals surface area (Å²) in [7, 11) is 0. The Balaban J connectivity index is 0. The van der Waals surface area contributed by atoms with E-state index in [0.717, 1.165) is 18.4 Å². The maximum absolute atomic E-state index is 3.88. The lowest BCUT2D eigenvalue weighted by molar-refractivity contribution is 0.980. The smallest absolute Gasteiger partial charge is 0.0238 e. The Morgan fingerprint density at radius 1 is 1.25 bits per heavy atom. The van der Waals surface area contributed by atoms with Gasteiger partial charge in [0.05, 0.1) is 0 Å². The molecule has 0 spiro atoms. The van der Waals surface area contributed by atoms with Gasteiger partial charge in [-0.2, -0.15) is 0 Å². The first-order chi connectivity index (χ1) is 7.76. The van der Waals surface area contributed by atoms with Crippen LogP contribution in [0.4, 0.5) is 0 Å². The maximum atomic E-state index is 3.88. The number of allylic oxidation sites excluding steroid dienone is 8. The largest absolute Gasteiger partial charge is 0.106 e. The SMILES string of the molecule is C/C=C\C.C=C.C=CC(=C)C1=CC=CCC1. The van der Waals surface area contributed by atoms with Gasteiger partial charge in [0.2, 0.25) is 0 Å². The molecule has 0 amide bonds. The second kappa shape index (κ2) is 13.4. The average molecular weight is 216 g/mol. The van der Waals surface area contributed by atoms with Gasteiger partial charge < -0.3 is 0 Å². The van der Waals surface area contributed by atoms with Crippen molar-refractivity contribution < 1.29 is 0 Å². The van der Waals surface area contributed by atoms with E-state index in [9.17, 15) is 0 Å². The topological polar surface area (TPSA) is 0 Å². The first-order valence-corrected chi connectivity index (χ1v) is 5.51. The van der Waals surface area contributed by atoms with Gasteiger partial charge in [0, 0.05) is 0 Å². The zero-order chi connectivity index (χ0) is 12.8. The molecule has 16 heavy (non-hydrogen) atoms. The van der Waals surface area contributed by atoms with Crippen molar-refractivity contribution in [3.63, 3.8) is 0 Å². The molecule has 88 valence electrons. The Bertz CT molecular complexity index is 270. The van der Waals surface area contributed by atoms with Gasteiger partial charge in [-0.3, -0.25) is 0 Å². The van der Waals surface area contributed by atoms with Gasteiger partial charge in [-0.1, -0.05) is 49.6 Å². The second-order valence-corrected chi connectivity index (χ2v) is 3.05. The summed E-state index contributed by atoms with van der Waals surface area (Å²) in [5, 5.41) is 0. The van der Waals surface area contributed by atoms with E-state index in [1.54, 1.807) is 0 Å². The third kappa shape index (κ3) is 9.01. The van der Waals surface area contributed by atoms with Gasteiger partial charge in [0.25, 0.3) is 0 Å². The summed E-state index contributed by atoms with van der Waals surface area (Å²) in [5.41, 5.74) is 2.38. The molecular weight excluding hydrogens is 192 g/mol. The van der Waals surface area contributed by atoms with E-state index in [1.165, 1.54) is 5.57 Å². The molecule has 0 heterocycles. The normalized spacial score (nSPS) is 12.8. The summed E-state index contributed by atoms with van der Waals surface area (Å²) >= 11 is 0. The van der Waals surface area contributed by atoms with Crippen LogP contribution in [0.5, 0.6) is 0 Å². The molecule has 0 aromatic heterocycles. The fourth-order valence-electron chi connectivity index (χ4n) is 1.00. The van der Waals surface area contributed by atoms with Crippen LogP contribution in [0, 0.1) is 0 Å². The van der Waals surface area contributed by atoms with E-state index in [0.29, 0.717) is 0 Å². The minimum atomic E-state index is 1.06. The van der Waals surface area contributed by atoms with Crippen LogP contribution < -0.4 is 0 Å². The minimum Gasteiger partial charge on any atom is -0.106 e. The molecule has 0 heteroatoms. The molecule has 0 saturated heterocycles. The highest BCUT2D eigenvalue weighted by atomic mass is 14.0.